The lowest BCUT2D eigenvalue weighted by molar-refractivity contribution is -0.132. The molecule has 0 unspecified atom stereocenters. The molecular formula is C27H33N5O3. The van der Waals surface area contributed by atoms with E-state index in [1.807, 2.05) is 36.3 Å². The summed E-state index contributed by atoms with van der Waals surface area (Å²) >= 11 is 0. The number of piperidine rings is 1. The lowest BCUT2D eigenvalue weighted by atomic mass is 9.91. The molecule has 0 radical (unpaired) electrons. The van der Waals surface area contributed by atoms with Crippen LogP contribution in [0.3, 0.4) is 0 Å². The molecule has 0 spiro atoms. The Morgan fingerprint density at radius 3 is 2.40 bits per heavy atom. The zero-order valence-electron chi connectivity index (χ0n) is 20.8. The molecule has 1 fully saturated rings. The SMILES string of the molecule is Cn1cc(-c2ccc(OC3CCN(C(=O)Cc4ccc(C(C)(C)C)nc4)CC3)c(C(N)=O)c2)cn1. The molecule has 3 heterocycles. The molecular weight excluding hydrogens is 442 g/mol. The molecule has 4 rings (SSSR count). The molecule has 1 aromatic carbocycles. The van der Waals surface area contributed by atoms with Crippen molar-refractivity contribution in [3.8, 4) is 16.9 Å². The van der Waals surface area contributed by atoms with Crippen molar-refractivity contribution in [3.05, 3.63) is 65.7 Å². The van der Waals surface area contributed by atoms with E-state index in [4.69, 9.17) is 10.5 Å². The van der Waals surface area contributed by atoms with E-state index >= 15 is 0 Å². The van der Waals surface area contributed by atoms with Gasteiger partial charge in [-0.05, 0) is 29.3 Å². The van der Waals surface area contributed by atoms with Gasteiger partial charge in [0.15, 0.2) is 0 Å². The summed E-state index contributed by atoms with van der Waals surface area (Å²) in [6, 6.07) is 9.41. The normalized spacial score (nSPS) is 14.7. The lowest BCUT2D eigenvalue weighted by Crippen LogP contribution is -2.42. The van der Waals surface area contributed by atoms with Crippen LogP contribution in [-0.2, 0) is 23.7 Å². The Morgan fingerprint density at radius 1 is 1.09 bits per heavy atom. The van der Waals surface area contributed by atoms with Crippen LogP contribution in [0.25, 0.3) is 11.1 Å². The molecule has 2 N–H and O–H groups in total. The van der Waals surface area contributed by atoms with Gasteiger partial charge in [-0.25, -0.2) is 0 Å². The Kier molecular flexibility index (Phi) is 6.91. The van der Waals surface area contributed by atoms with E-state index in [-0.39, 0.29) is 17.4 Å². The van der Waals surface area contributed by atoms with Gasteiger partial charge in [-0.1, -0.05) is 32.9 Å². The van der Waals surface area contributed by atoms with E-state index in [0.717, 1.165) is 22.4 Å². The van der Waals surface area contributed by atoms with Crippen molar-refractivity contribution in [1.29, 1.82) is 0 Å². The van der Waals surface area contributed by atoms with Crippen LogP contribution >= 0.6 is 0 Å². The third kappa shape index (κ3) is 5.88. The monoisotopic (exact) mass is 475 g/mol. The zero-order chi connectivity index (χ0) is 25.2. The Balaban J connectivity index is 1.35. The van der Waals surface area contributed by atoms with Crippen molar-refractivity contribution in [1.82, 2.24) is 19.7 Å². The van der Waals surface area contributed by atoms with Gasteiger partial charge >= 0.3 is 0 Å². The number of ether oxygens (including phenoxy) is 1. The number of nitrogens with two attached hydrogens (primary N) is 1. The Labute approximate surface area is 206 Å². The van der Waals surface area contributed by atoms with E-state index < -0.39 is 5.91 Å². The third-order valence-electron chi connectivity index (χ3n) is 6.32. The summed E-state index contributed by atoms with van der Waals surface area (Å²) < 4.78 is 7.87. The minimum atomic E-state index is -0.538. The number of pyridine rings is 1. The van der Waals surface area contributed by atoms with Crippen molar-refractivity contribution < 1.29 is 14.3 Å². The van der Waals surface area contributed by atoms with Crippen LogP contribution in [0.15, 0.2) is 48.9 Å². The maximum Gasteiger partial charge on any atom is 0.252 e. The van der Waals surface area contributed by atoms with Gasteiger partial charge in [0.05, 0.1) is 18.2 Å². The first-order valence-electron chi connectivity index (χ1n) is 11.9. The van der Waals surface area contributed by atoms with Crippen molar-refractivity contribution >= 4 is 11.8 Å². The van der Waals surface area contributed by atoms with E-state index in [0.29, 0.717) is 43.7 Å². The quantitative estimate of drug-likeness (QED) is 0.588. The molecule has 0 aliphatic carbocycles. The molecule has 184 valence electrons. The molecule has 2 aromatic heterocycles. The molecule has 0 saturated carbocycles. The van der Waals surface area contributed by atoms with Crippen molar-refractivity contribution in [2.45, 2.75) is 51.6 Å². The number of likely N-dealkylation sites (tertiary alicyclic amines) is 1. The molecule has 2 amide bonds. The highest BCUT2D eigenvalue weighted by atomic mass is 16.5. The number of hydrogen-bond acceptors (Lipinski definition) is 5. The van der Waals surface area contributed by atoms with Gasteiger partial charge in [0.25, 0.3) is 5.91 Å². The fourth-order valence-corrected chi connectivity index (χ4v) is 4.24. The predicted octanol–water partition coefficient (Wildman–Crippen LogP) is 3.49. The molecule has 35 heavy (non-hydrogen) atoms. The van der Waals surface area contributed by atoms with Gasteiger partial charge < -0.3 is 15.4 Å². The first-order chi connectivity index (χ1) is 16.6. The molecule has 1 aliphatic rings. The molecule has 3 aromatic rings. The van der Waals surface area contributed by atoms with Crippen LogP contribution in [0.5, 0.6) is 5.75 Å². The van der Waals surface area contributed by atoms with Gasteiger partial charge in [-0.3, -0.25) is 19.3 Å². The van der Waals surface area contributed by atoms with Crippen LogP contribution < -0.4 is 10.5 Å². The summed E-state index contributed by atoms with van der Waals surface area (Å²) in [5.41, 5.74) is 9.65. The van der Waals surface area contributed by atoms with E-state index in [2.05, 4.69) is 30.9 Å². The summed E-state index contributed by atoms with van der Waals surface area (Å²) in [6.07, 6.45) is 7.05. The van der Waals surface area contributed by atoms with E-state index in [1.54, 1.807) is 29.2 Å². The highest BCUT2D eigenvalue weighted by molar-refractivity contribution is 5.97. The number of primary amides is 1. The minimum absolute atomic E-state index is 0.0160. The Morgan fingerprint density at radius 2 is 1.83 bits per heavy atom. The lowest BCUT2D eigenvalue weighted by Gasteiger charge is -2.32. The summed E-state index contributed by atoms with van der Waals surface area (Å²) in [5.74, 6) is 0.0248. The zero-order valence-corrected chi connectivity index (χ0v) is 20.8. The highest BCUT2D eigenvalue weighted by Gasteiger charge is 2.25. The van der Waals surface area contributed by atoms with Crippen LogP contribution in [0.1, 0.15) is 55.2 Å². The second-order valence-electron chi connectivity index (χ2n) is 10.2. The molecule has 8 heteroatoms. The predicted molar refractivity (Wildman–Crippen MR) is 134 cm³/mol. The first kappa shape index (κ1) is 24.4. The number of amides is 2. The summed E-state index contributed by atoms with van der Waals surface area (Å²) in [6.45, 7) is 7.57. The molecule has 0 atom stereocenters. The van der Waals surface area contributed by atoms with Crippen LogP contribution in [-0.4, -0.2) is 50.7 Å². The number of carbonyl (C=O) groups excluding carboxylic acids is 2. The van der Waals surface area contributed by atoms with Crippen LogP contribution in [0, 0.1) is 0 Å². The second kappa shape index (κ2) is 9.90. The van der Waals surface area contributed by atoms with Gasteiger partial charge in [-0.2, -0.15) is 5.10 Å². The van der Waals surface area contributed by atoms with Gasteiger partial charge in [-0.15, -0.1) is 0 Å². The molecule has 1 aliphatic heterocycles. The largest absolute Gasteiger partial charge is 0.489 e. The number of benzene rings is 1. The van der Waals surface area contributed by atoms with Gasteiger partial charge in [0.1, 0.15) is 11.9 Å². The molecule has 1 saturated heterocycles. The molecule has 0 bridgehead atoms. The fourth-order valence-electron chi connectivity index (χ4n) is 4.24. The number of nitrogens with zero attached hydrogens (tertiary/aromatic N) is 4. The van der Waals surface area contributed by atoms with E-state index in [9.17, 15) is 9.59 Å². The average Bonchev–Trinajstić information content (AvgIpc) is 3.25. The number of aromatic nitrogens is 3. The van der Waals surface area contributed by atoms with Crippen molar-refractivity contribution in [2.75, 3.05) is 13.1 Å². The van der Waals surface area contributed by atoms with Gasteiger partial charge in [0.2, 0.25) is 5.91 Å². The van der Waals surface area contributed by atoms with Crippen molar-refractivity contribution in [2.24, 2.45) is 12.8 Å². The Bertz CT molecular complexity index is 1200. The number of hydrogen-bond donors (Lipinski definition) is 1. The van der Waals surface area contributed by atoms with Crippen molar-refractivity contribution in [3.63, 3.8) is 0 Å². The maximum absolute atomic E-state index is 12.8. The second-order valence-corrected chi connectivity index (χ2v) is 10.2. The van der Waals surface area contributed by atoms with Gasteiger partial charge in [0, 0.05) is 62.0 Å². The fraction of sp³-hybridized carbons (Fsp3) is 0.407. The first-order valence-corrected chi connectivity index (χ1v) is 11.9. The highest BCUT2D eigenvalue weighted by Crippen LogP contribution is 2.29. The average molecular weight is 476 g/mol. The summed E-state index contributed by atoms with van der Waals surface area (Å²) in [4.78, 5) is 31.3. The Hall–Kier alpha value is -3.68. The number of carbonyl (C=O) groups is 2. The topological polar surface area (TPSA) is 103 Å². The van der Waals surface area contributed by atoms with E-state index in [1.165, 1.54) is 0 Å². The smallest absolute Gasteiger partial charge is 0.252 e. The molecule has 8 nitrogen and oxygen atoms in total. The standard InChI is InChI=1S/C27H33N5O3/c1-27(2,3)24-8-5-18(15-29-24)13-25(33)32-11-9-21(10-12-32)35-23-7-6-19(14-22(23)26(28)34)20-16-30-31(4)17-20/h5-8,14-17,21H,9-13H2,1-4H3,(H2,28,34). The maximum atomic E-state index is 12.8. The summed E-state index contributed by atoms with van der Waals surface area (Å²) in [5, 5.41) is 4.18. The minimum Gasteiger partial charge on any atom is -0.489 e. The summed E-state index contributed by atoms with van der Waals surface area (Å²) in [7, 11) is 1.84. The number of aryl methyl sites for hydroxylation is 1. The van der Waals surface area contributed by atoms with Crippen LogP contribution in [0.4, 0.5) is 0 Å². The number of rotatable bonds is 6. The third-order valence-corrected chi connectivity index (χ3v) is 6.32. The van der Waals surface area contributed by atoms with Crippen LogP contribution in [0.2, 0.25) is 0 Å².